The van der Waals surface area contributed by atoms with E-state index in [1.807, 2.05) is 26.0 Å². The maximum atomic E-state index is 12.3. The maximum Gasteiger partial charge on any atom is 0.175 e. The monoisotopic (exact) mass is 424 g/mol. The Kier molecular flexibility index (Phi) is 6.51. The van der Waals surface area contributed by atoms with Gasteiger partial charge in [0.15, 0.2) is 9.84 Å². The van der Waals surface area contributed by atoms with E-state index in [-0.39, 0.29) is 0 Å². The summed E-state index contributed by atoms with van der Waals surface area (Å²) >= 11 is 0. The van der Waals surface area contributed by atoms with E-state index >= 15 is 0 Å². The zero-order chi connectivity index (χ0) is 22.1. The summed E-state index contributed by atoms with van der Waals surface area (Å²) in [4.78, 5) is 7.87. The van der Waals surface area contributed by atoms with Crippen molar-refractivity contribution in [3.8, 4) is 11.3 Å². The van der Waals surface area contributed by atoms with Gasteiger partial charge in [-0.05, 0) is 50.8 Å². The van der Waals surface area contributed by atoms with Gasteiger partial charge in [0.1, 0.15) is 0 Å². The fraction of sp³-hybridized carbons (Fsp3) is 0.400. The van der Waals surface area contributed by atoms with Crippen LogP contribution in [0, 0.1) is 20.8 Å². The van der Waals surface area contributed by atoms with Crippen molar-refractivity contribution >= 4 is 26.3 Å². The Bertz CT molecular complexity index is 1180. The second kappa shape index (κ2) is 8.76. The number of rotatable bonds is 7. The van der Waals surface area contributed by atoms with Crippen LogP contribution >= 0.6 is 0 Å². The average Bonchev–Trinajstić information content (AvgIpc) is 2.67. The van der Waals surface area contributed by atoms with Crippen molar-refractivity contribution in [3.05, 3.63) is 53.2 Å². The van der Waals surface area contributed by atoms with Crippen LogP contribution in [0.1, 0.15) is 43.5 Å². The van der Waals surface area contributed by atoms with Crippen molar-refractivity contribution < 1.29 is 8.42 Å². The molecule has 0 spiro atoms. The Morgan fingerprint density at radius 3 is 2.07 bits per heavy atom. The molecule has 0 aliphatic carbocycles. The smallest absolute Gasteiger partial charge is 0.175 e. The van der Waals surface area contributed by atoms with E-state index < -0.39 is 9.84 Å². The average molecular weight is 425 g/mol. The molecule has 0 N–H and O–H groups in total. The number of hydrogen-bond donors (Lipinski definition) is 0. The molecule has 0 fully saturated rings. The SMILES string of the molecule is CCCN(CCC)c1c(C)nc(-c2c(C)ccc(S(C)(=O)=O)c2C)c2ccccc12. The lowest BCUT2D eigenvalue weighted by Gasteiger charge is -2.28. The lowest BCUT2D eigenvalue weighted by molar-refractivity contribution is 0.601. The minimum Gasteiger partial charge on any atom is -0.370 e. The van der Waals surface area contributed by atoms with Gasteiger partial charge < -0.3 is 4.90 Å². The molecule has 160 valence electrons. The highest BCUT2D eigenvalue weighted by Crippen LogP contribution is 2.39. The van der Waals surface area contributed by atoms with Crippen LogP contribution in [0.15, 0.2) is 41.3 Å². The highest BCUT2D eigenvalue weighted by Gasteiger charge is 2.22. The number of anilines is 1. The van der Waals surface area contributed by atoms with Gasteiger partial charge >= 0.3 is 0 Å². The van der Waals surface area contributed by atoms with Gasteiger partial charge in [-0.3, -0.25) is 4.98 Å². The summed E-state index contributed by atoms with van der Waals surface area (Å²) in [5, 5.41) is 2.23. The van der Waals surface area contributed by atoms with Crippen molar-refractivity contribution in [2.24, 2.45) is 0 Å². The van der Waals surface area contributed by atoms with E-state index in [2.05, 4.69) is 43.9 Å². The van der Waals surface area contributed by atoms with Gasteiger partial charge in [-0.2, -0.15) is 0 Å². The van der Waals surface area contributed by atoms with E-state index in [0.717, 1.165) is 59.4 Å². The first kappa shape index (κ1) is 22.3. The van der Waals surface area contributed by atoms with Crippen LogP contribution in [0.25, 0.3) is 22.0 Å². The third-order valence-corrected chi connectivity index (χ3v) is 6.86. The molecule has 0 aliphatic rings. The topological polar surface area (TPSA) is 50.3 Å². The normalized spacial score (nSPS) is 11.8. The number of aromatic nitrogens is 1. The largest absolute Gasteiger partial charge is 0.370 e. The lowest BCUT2D eigenvalue weighted by atomic mass is 9.94. The lowest BCUT2D eigenvalue weighted by Crippen LogP contribution is -2.26. The third-order valence-electron chi connectivity index (χ3n) is 5.62. The predicted molar refractivity (Wildman–Crippen MR) is 127 cm³/mol. The van der Waals surface area contributed by atoms with Gasteiger partial charge in [0.2, 0.25) is 0 Å². The van der Waals surface area contributed by atoms with Crippen LogP contribution in [-0.2, 0) is 9.84 Å². The summed E-state index contributed by atoms with van der Waals surface area (Å²) in [6, 6.07) is 11.9. The fourth-order valence-electron chi connectivity index (χ4n) is 4.43. The molecule has 0 unspecified atom stereocenters. The molecule has 0 radical (unpaired) electrons. The number of hydrogen-bond acceptors (Lipinski definition) is 4. The number of nitrogens with zero attached hydrogens (tertiary/aromatic N) is 2. The Labute approximate surface area is 180 Å². The van der Waals surface area contributed by atoms with Crippen molar-refractivity contribution in [2.45, 2.75) is 52.4 Å². The summed E-state index contributed by atoms with van der Waals surface area (Å²) in [6.45, 7) is 12.3. The van der Waals surface area contributed by atoms with Crippen LogP contribution in [0.5, 0.6) is 0 Å². The summed E-state index contributed by atoms with van der Waals surface area (Å²) in [7, 11) is -3.32. The van der Waals surface area contributed by atoms with Crippen molar-refractivity contribution in [1.82, 2.24) is 4.98 Å². The molecular weight excluding hydrogens is 392 g/mol. The zero-order valence-corrected chi connectivity index (χ0v) is 19.7. The summed E-state index contributed by atoms with van der Waals surface area (Å²) < 4.78 is 24.7. The van der Waals surface area contributed by atoms with Gasteiger partial charge in [0, 0.05) is 35.7 Å². The summed E-state index contributed by atoms with van der Waals surface area (Å²) in [6.07, 6.45) is 3.41. The maximum absolute atomic E-state index is 12.3. The molecule has 2 aromatic carbocycles. The fourth-order valence-corrected chi connectivity index (χ4v) is 5.40. The number of fused-ring (bicyclic) bond motifs is 1. The van der Waals surface area contributed by atoms with Crippen molar-refractivity contribution in [2.75, 3.05) is 24.2 Å². The Balaban J connectivity index is 2.38. The zero-order valence-electron chi connectivity index (χ0n) is 18.9. The molecule has 30 heavy (non-hydrogen) atoms. The van der Waals surface area contributed by atoms with E-state index in [1.54, 1.807) is 6.07 Å². The minimum atomic E-state index is -3.32. The van der Waals surface area contributed by atoms with Crippen LogP contribution in [-0.4, -0.2) is 32.7 Å². The quantitative estimate of drug-likeness (QED) is 0.477. The van der Waals surface area contributed by atoms with Gasteiger partial charge in [-0.25, -0.2) is 8.42 Å². The first-order valence-electron chi connectivity index (χ1n) is 10.7. The Hall–Kier alpha value is -2.40. The van der Waals surface area contributed by atoms with Gasteiger partial charge in [0.25, 0.3) is 0 Å². The predicted octanol–water partition coefficient (Wildman–Crippen LogP) is 5.86. The van der Waals surface area contributed by atoms with E-state index in [0.29, 0.717) is 4.90 Å². The molecule has 3 aromatic rings. The highest BCUT2D eigenvalue weighted by molar-refractivity contribution is 7.90. The molecule has 3 rings (SSSR count). The highest BCUT2D eigenvalue weighted by atomic mass is 32.2. The van der Waals surface area contributed by atoms with Gasteiger partial charge in [-0.1, -0.05) is 44.2 Å². The standard InChI is InChI=1S/C25H32N2O2S/c1-7-15-27(16-8-2)25-19(5)26-24(20-11-9-10-12-21(20)25)23-17(3)13-14-22(18(23)4)30(6,28)29/h9-14H,7-8,15-16H2,1-6H3. The Morgan fingerprint density at radius 2 is 1.50 bits per heavy atom. The first-order chi connectivity index (χ1) is 14.2. The number of pyridine rings is 1. The number of sulfone groups is 1. The Morgan fingerprint density at radius 1 is 0.900 bits per heavy atom. The number of aryl methyl sites for hydroxylation is 2. The van der Waals surface area contributed by atoms with Crippen LogP contribution < -0.4 is 4.90 Å². The van der Waals surface area contributed by atoms with Crippen molar-refractivity contribution in [1.29, 1.82) is 0 Å². The molecule has 0 aliphatic heterocycles. The molecule has 4 nitrogen and oxygen atoms in total. The van der Waals surface area contributed by atoms with Gasteiger partial charge in [0.05, 0.1) is 22.0 Å². The van der Waals surface area contributed by atoms with E-state index in [9.17, 15) is 8.42 Å². The molecule has 5 heteroatoms. The first-order valence-corrected chi connectivity index (χ1v) is 12.5. The molecule has 1 heterocycles. The molecular formula is C25H32N2O2S. The molecule has 0 atom stereocenters. The van der Waals surface area contributed by atoms with E-state index in [4.69, 9.17) is 4.98 Å². The molecule has 1 aromatic heterocycles. The second-order valence-corrected chi connectivity index (χ2v) is 10.1. The minimum absolute atomic E-state index is 0.370. The summed E-state index contributed by atoms with van der Waals surface area (Å²) in [5.74, 6) is 0. The second-order valence-electron chi connectivity index (χ2n) is 8.08. The van der Waals surface area contributed by atoms with Gasteiger partial charge in [-0.15, -0.1) is 0 Å². The van der Waals surface area contributed by atoms with E-state index in [1.165, 1.54) is 17.3 Å². The van der Waals surface area contributed by atoms with Crippen LogP contribution in [0.4, 0.5) is 5.69 Å². The molecule has 0 bridgehead atoms. The summed E-state index contributed by atoms with van der Waals surface area (Å²) in [5.41, 5.74) is 5.74. The number of benzene rings is 2. The van der Waals surface area contributed by atoms with Crippen LogP contribution in [0.2, 0.25) is 0 Å². The molecule has 0 amide bonds. The molecule has 0 saturated carbocycles. The van der Waals surface area contributed by atoms with Crippen LogP contribution in [0.3, 0.4) is 0 Å². The van der Waals surface area contributed by atoms with Crippen molar-refractivity contribution in [3.63, 3.8) is 0 Å². The third kappa shape index (κ3) is 4.08. The molecule has 0 saturated heterocycles.